The zero-order chi connectivity index (χ0) is 14.6. The average molecular weight is 291 g/mol. The summed E-state index contributed by atoms with van der Waals surface area (Å²) in [5.41, 5.74) is -4.87. The second kappa shape index (κ2) is 5.84. The van der Waals surface area contributed by atoms with E-state index in [4.69, 9.17) is 10.00 Å². The van der Waals surface area contributed by atoms with E-state index in [0.717, 1.165) is 19.2 Å². The molecule has 0 fully saturated rings. The number of benzene rings is 1. The van der Waals surface area contributed by atoms with Crippen LogP contribution in [0.2, 0.25) is 0 Å². The Morgan fingerprint density at radius 3 is 2.42 bits per heavy atom. The van der Waals surface area contributed by atoms with E-state index >= 15 is 0 Å². The Kier molecular flexibility index (Phi) is 4.67. The lowest BCUT2D eigenvalue weighted by Gasteiger charge is -2.12. The van der Waals surface area contributed by atoms with Crippen molar-refractivity contribution in [3.63, 3.8) is 0 Å². The van der Waals surface area contributed by atoms with Crippen molar-refractivity contribution in [1.29, 1.82) is 5.26 Å². The fourth-order valence-corrected chi connectivity index (χ4v) is 1.96. The van der Waals surface area contributed by atoms with E-state index in [1.807, 2.05) is 0 Å². The Labute approximate surface area is 111 Å². The van der Waals surface area contributed by atoms with E-state index in [1.54, 1.807) is 6.07 Å². The molecule has 0 amide bonds. The van der Waals surface area contributed by atoms with Gasteiger partial charge in [0, 0.05) is 0 Å². The molecule has 0 heterocycles. The molecule has 0 unspecified atom stereocenters. The molecule has 0 radical (unpaired) electrons. The van der Waals surface area contributed by atoms with Crippen molar-refractivity contribution >= 4 is 17.7 Å². The first-order valence-electron chi connectivity index (χ1n) is 4.78. The van der Waals surface area contributed by atoms with E-state index in [-0.39, 0.29) is 21.8 Å². The van der Waals surface area contributed by atoms with Gasteiger partial charge in [-0.05, 0) is 23.9 Å². The molecule has 1 aromatic rings. The second-order valence-electron chi connectivity index (χ2n) is 3.20. The molecular formula is C11H8F3NO3S. The van der Waals surface area contributed by atoms with E-state index in [2.05, 4.69) is 4.74 Å². The van der Waals surface area contributed by atoms with Crippen LogP contribution in [-0.4, -0.2) is 25.7 Å². The van der Waals surface area contributed by atoms with Crippen LogP contribution >= 0.6 is 11.8 Å². The number of methoxy groups -OCH3 is 2. The van der Waals surface area contributed by atoms with Crippen LogP contribution in [0, 0.1) is 11.3 Å². The summed E-state index contributed by atoms with van der Waals surface area (Å²) >= 11 is -0.419. The fraction of sp³-hybridized carbons (Fsp3) is 0.273. The van der Waals surface area contributed by atoms with E-state index in [9.17, 15) is 18.0 Å². The predicted octanol–water partition coefficient (Wildman–Crippen LogP) is 2.97. The lowest BCUT2D eigenvalue weighted by atomic mass is 10.1. The van der Waals surface area contributed by atoms with Gasteiger partial charge in [0.25, 0.3) is 0 Å². The molecule has 0 aliphatic heterocycles. The first kappa shape index (κ1) is 15.2. The summed E-state index contributed by atoms with van der Waals surface area (Å²) < 4.78 is 46.3. The monoisotopic (exact) mass is 291 g/mol. The summed E-state index contributed by atoms with van der Waals surface area (Å²) in [7, 11) is 2.28. The highest BCUT2D eigenvalue weighted by Crippen LogP contribution is 2.42. The molecule has 0 aromatic heterocycles. The molecule has 1 aromatic carbocycles. The maximum Gasteiger partial charge on any atom is 0.446 e. The highest BCUT2D eigenvalue weighted by atomic mass is 32.2. The minimum Gasteiger partial charge on any atom is -0.496 e. The molecule has 0 saturated carbocycles. The Morgan fingerprint density at radius 1 is 1.37 bits per heavy atom. The van der Waals surface area contributed by atoms with Crippen molar-refractivity contribution in [2.45, 2.75) is 10.4 Å². The molecule has 8 heteroatoms. The molecule has 0 aliphatic rings. The zero-order valence-corrected chi connectivity index (χ0v) is 10.7. The summed E-state index contributed by atoms with van der Waals surface area (Å²) in [4.78, 5) is 11.1. The highest BCUT2D eigenvalue weighted by Gasteiger charge is 2.32. The number of halogens is 3. The molecule has 1 rings (SSSR count). The van der Waals surface area contributed by atoms with Crippen LogP contribution in [0.25, 0.3) is 0 Å². The average Bonchev–Trinajstić information content (AvgIpc) is 2.35. The molecule has 0 spiro atoms. The molecule has 19 heavy (non-hydrogen) atoms. The van der Waals surface area contributed by atoms with Gasteiger partial charge in [-0.2, -0.15) is 18.4 Å². The number of hydrogen-bond donors (Lipinski definition) is 0. The maximum absolute atomic E-state index is 12.4. The van der Waals surface area contributed by atoms with Gasteiger partial charge < -0.3 is 9.47 Å². The van der Waals surface area contributed by atoms with Gasteiger partial charge in [-0.3, -0.25) is 0 Å². The molecule has 0 N–H and O–H groups in total. The summed E-state index contributed by atoms with van der Waals surface area (Å²) in [6.45, 7) is 0. The van der Waals surface area contributed by atoms with Gasteiger partial charge in [0.1, 0.15) is 11.8 Å². The van der Waals surface area contributed by atoms with Gasteiger partial charge in [0.2, 0.25) is 0 Å². The Hall–Kier alpha value is -1.88. The van der Waals surface area contributed by atoms with Crippen molar-refractivity contribution in [2.75, 3.05) is 14.2 Å². The van der Waals surface area contributed by atoms with Gasteiger partial charge in [-0.1, -0.05) is 0 Å². The van der Waals surface area contributed by atoms with Crippen LogP contribution in [0.15, 0.2) is 17.0 Å². The fourth-order valence-electron chi connectivity index (χ4n) is 1.30. The van der Waals surface area contributed by atoms with Crippen molar-refractivity contribution in [1.82, 2.24) is 0 Å². The number of alkyl halides is 3. The summed E-state index contributed by atoms with van der Waals surface area (Å²) in [5.74, 6) is -0.972. The minimum absolute atomic E-state index is 0.145. The van der Waals surface area contributed by atoms with Crippen molar-refractivity contribution in [3.05, 3.63) is 23.3 Å². The molecule has 0 bridgehead atoms. The lowest BCUT2D eigenvalue weighted by molar-refractivity contribution is -0.0328. The van der Waals surface area contributed by atoms with Crippen molar-refractivity contribution < 1.29 is 27.4 Å². The highest BCUT2D eigenvalue weighted by molar-refractivity contribution is 8.00. The van der Waals surface area contributed by atoms with Crippen LogP contribution < -0.4 is 4.74 Å². The topological polar surface area (TPSA) is 59.3 Å². The van der Waals surface area contributed by atoms with E-state index in [0.29, 0.717) is 0 Å². The third kappa shape index (κ3) is 3.79. The van der Waals surface area contributed by atoms with Gasteiger partial charge in [0.15, 0.2) is 0 Å². The number of esters is 1. The quantitative estimate of drug-likeness (QED) is 0.633. The van der Waals surface area contributed by atoms with Gasteiger partial charge >= 0.3 is 11.5 Å². The molecule has 4 nitrogen and oxygen atoms in total. The summed E-state index contributed by atoms with van der Waals surface area (Å²) in [6, 6.07) is 3.65. The molecule has 102 valence electrons. The van der Waals surface area contributed by atoms with E-state index < -0.39 is 23.2 Å². The Bertz CT molecular complexity index is 537. The third-order valence-electron chi connectivity index (χ3n) is 2.06. The smallest absolute Gasteiger partial charge is 0.446 e. The number of hydrogen-bond acceptors (Lipinski definition) is 5. The van der Waals surface area contributed by atoms with Crippen LogP contribution in [-0.2, 0) is 4.74 Å². The Morgan fingerprint density at radius 2 is 2.00 bits per heavy atom. The van der Waals surface area contributed by atoms with Crippen LogP contribution in [0.4, 0.5) is 13.2 Å². The normalized spacial score (nSPS) is 10.7. The van der Waals surface area contributed by atoms with Crippen LogP contribution in [0.1, 0.15) is 15.9 Å². The minimum atomic E-state index is -4.52. The molecule has 0 atom stereocenters. The first-order valence-corrected chi connectivity index (χ1v) is 5.60. The molecular weight excluding hydrogens is 283 g/mol. The zero-order valence-electron chi connectivity index (χ0n) is 9.87. The lowest BCUT2D eigenvalue weighted by Crippen LogP contribution is -2.07. The van der Waals surface area contributed by atoms with Gasteiger partial charge in [0.05, 0.1) is 30.2 Å². The maximum atomic E-state index is 12.4. The number of carbonyl (C=O) groups is 1. The first-order chi connectivity index (χ1) is 8.82. The van der Waals surface area contributed by atoms with E-state index in [1.165, 1.54) is 7.11 Å². The van der Waals surface area contributed by atoms with Crippen molar-refractivity contribution in [3.8, 4) is 11.8 Å². The number of ether oxygens (including phenoxy) is 2. The number of nitrogens with zero attached hydrogens (tertiary/aromatic N) is 1. The number of thioether (sulfide) groups is 1. The van der Waals surface area contributed by atoms with Crippen LogP contribution in [0.3, 0.4) is 0 Å². The standard InChI is InChI=1S/C11H8F3NO3S/c1-17-8-4-7(10(16)18-2)6(5-15)3-9(8)19-11(12,13)14/h3-4H,1-2H3. The second-order valence-corrected chi connectivity index (χ2v) is 4.31. The van der Waals surface area contributed by atoms with Crippen molar-refractivity contribution in [2.24, 2.45) is 0 Å². The predicted molar refractivity (Wildman–Crippen MR) is 61.0 cm³/mol. The number of carbonyl (C=O) groups excluding carboxylic acids is 1. The number of rotatable bonds is 3. The van der Waals surface area contributed by atoms with Crippen LogP contribution in [0.5, 0.6) is 5.75 Å². The molecule has 0 saturated heterocycles. The SMILES string of the molecule is COC(=O)c1cc(OC)c(SC(F)(F)F)cc1C#N. The largest absolute Gasteiger partial charge is 0.496 e. The summed E-state index contributed by atoms with van der Waals surface area (Å²) in [6.07, 6.45) is 0. The third-order valence-corrected chi connectivity index (χ3v) is 2.83. The number of nitriles is 1. The van der Waals surface area contributed by atoms with Gasteiger partial charge in [-0.25, -0.2) is 4.79 Å². The molecule has 0 aliphatic carbocycles. The summed E-state index contributed by atoms with van der Waals surface area (Å²) in [5, 5.41) is 8.86. The van der Waals surface area contributed by atoms with Gasteiger partial charge in [-0.15, -0.1) is 0 Å². The Balaban J connectivity index is 3.36.